The minimum absolute atomic E-state index is 0.0210. The number of nitrogens with one attached hydrogen (secondary N) is 1. The van der Waals surface area contributed by atoms with Crippen molar-refractivity contribution in [3.63, 3.8) is 0 Å². The molecule has 1 aliphatic heterocycles. The topological polar surface area (TPSA) is 66.5 Å². The average molecular weight is 288 g/mol. The van der Waals surface area contributed by atoms with Crippen LogP contribution >= 0.6 is 0 Å². The molecule has 5 nitrogen and oxygen atoms in total. The standard InChI is InChI=1S/C13H24N2O3S/c1-15-8-7-12(10-13(15)16)14-19(17,18)9-3-2-4-11-5-6-11/h11-12,14H,2-10H2,1H3. The van der Waals surface area contributed by atoms with Crippen molar-refractivity contribution >= 4 is 15.9 Å². The molecular weight excluding hydrogens is 264 g/mol. The molecule has 0 aromatic rings. The number of carbonyl (C=O) groups excluding carboxylic acids is 1. The summed E-state index contributed by atoms with van der Waals surface area (Å²) in [6, 6.07) is -0.211. The second-order valence-corrected chi connectivity index (χ2v) is 7.75. The number of carbonyl (C=O) groups is 1. The van der Waals surface area contributed by atoms with E-state index in [1.54, 1.807) is 11.9 Å². The zero-order chi connectivity index (χ0) is 13.9. The highest BCUT2D eigenvalue weighted by Gasteiger charge is 2.26. The highest BCUT2D eigenvalue weighted by molar-refractivity contribution is 7.89. The molecule has 0 aromatic heterocycles. The maximum absolute atomic E-state index is 11.9. The highest BCUT2D eigenvalue weighted by atomic mass is 32.2. The largest absolute Gasteiger partial charge is 0.346 e. The lowest BCUT2D eigenvalue weighted by Crippen LogP contribution is -2.46. The van der Waals surface area contributed by atoms with Crippen molar-refractivity contribution in [3.05, 3.63) is 0 Å². The van der Waals surface area contributed by atoms with Crippen LogP contribution in [0.3, 0.4) is 0 Å². The predicted octanol–water partition coefficient (Wildman–Crippen LogP) is 1.11. The Hall–Kier alpha value is -0.620. The van der Waals surface area contributed by atoms with Crippen LogP contribution in [-0.4, -0.2) is 44.6 Å². The summed E-state index contributed by atoms with van der Waals surface area (Å²) in [5.74, 6) is 1.08. The number of piperidine rings is 1. The van der Waals surface area contributed by atoms with Gasteiger partial charge >= 0.3 is 0 Å². The molecule has 0 spiro atoms. The molecule has 1 N–H and O–H groups in total. The summed E-state index contributed by atoms with van der Waals surface area (Å²) in [5.41, 5.74) is 0. The van der Waals surface area contributed by atoms with Crippen LogP contribution in [0.15, 0.2) is 0 Å². The van der Waals surface area contributed by atoms with E-state index in [-0.39, 0.29) is 24.1 Å². The summed E-state index contributed by atoms with van der Waals surface area (Å²) in [4.78, 5) is 13.2. The van der Waals surface area contributed by atoms with Gasteiger partial charge in [0.1, 0.15) is 0 Å². The number of sulfonamides is 1. The Labute approximate surface area is 115 Å². The zero-order valence-corrected chi connectivity index (χ0v) is 12.4. The Balaban J connectivity index is 1.68. The highest BCUT2D eigenvalue weighted by Crippen LogP contribution is 2.33. The fraction of sp³-hybridized carbons (Fsp3) is 0.923. The fourth-order valence-electron chi connectivity index (χ4n) is 2.49. The first-order chi connectivity index (χ1) is 8.96. The molecule has 2 rings (SSSR count). The average Bonchev–Trinajstić information content (AvgIpc) is 3.13. The normalized spacial score (nSPS) is 24.8. The van der Waals surface area contributed by atoms with Crippen LogP contribution in [0, 0.1) is 5.92 Å². The Bertz CT molecular complexity index is 418. The minimum atomic E-state index is -3.22. The van der Waals surface area contributed by atoms with Crippen molar-refractivity contribution in [2.24, 2.45) is 5.92 Å². The molecule has 0 radical (unpaired) electrons. The van der Waals surface area contributed by atoms with Gasteiger partial charge in [0.25, 0.3) is 0 Å². The van der Waals surface area contributed by atoms with Gasteiger partial charge in [-0.05, 0) is 18.8 Å². The Morgan fingerprint density at radius 3 is 2.63 bits per heavy atom. The maximum atomic E-state index is 11.9. The van der Waals surface area contributed by atoms with Gasteiger partial charge in [0, 0.05) is 26.1 Å². The van der Waals surface area contributed by atoms with Gasteiger partial charge in [-0.2, -0.15) is 0 Å². The van der Waals surface area contributed by atoms with Crippen LogP contribution in [0.1, 0.15) is 44.9 Å². The van der Waals surface area contributed by atoms with Crippen molar-refractivity contribution in [1.29, 1.82) is 0 Å². The molecule has 0 bridgehead atoms. The molecule has 1 amide bonds. The van der Waals surface area contributed by atoms with E-state index >= 15 is 0 Å². The van der Waals surface area contributed by atoms with Crippen LogP contribution < -0.4 is 4.72 Å². The quantitative estimate of drug-likeness (QED) is 0.714. The van der Waals surface area contributed by atoms with E-state index in [1.807, 2.05) is 0 Å². The lowest BCUT2D eigenvalue weighted by atomic mass is 10.1. The molecule has 1 atom stereocenters. The number of nitrogens with zero attached hydrogens (tertiary/aromatic N) is 1. The number of amides is 1. The molecule has 6 heteroatoms. The molecule has 110 valence electrons. The molecule has 1 heterocycles. The molecule has 2 fully saturated rings. The van der Waals surface area contributed by atoms with Gasteiger partial charge in [-0.3, -0.25) is 4.79 Å². The Morgan fingerprint density at radius 2 is 2.00 bits per heavy atom. The third kappa shape index (κ3) is 5.10. The first-order valence-corrected chi connectivity index (χ1v) is 8.85. The molecule has 1 saturated heterocycles. The lowest BCUT2D eigenvalue weighted by molar-refractivity contribution is -0.132. The third-order valence-corrected chi connectivity index (χ3v) is 5.50. The van der Waals surface area contributed by atoms with Crippen molar-refractivity contribution < 1.29 is 13.2 Å². The van der Waals surface area contributed by atoms with Gasteiger partial charge in [0.15, 0.2) is 0 Å². The van der Waals surface area contributed by atoms with Crippen LogP contribution in [0.4, 0.5) is 0 Å². The summed E-state index contributed by atoms with van der Waals surface area (Å²) >= 11 is 0. The number of hydrogen-bond acceptors (Lipinski definition) is 3. The maximum Gasteiger partial charge on any atom is 0.223 e. The summed E-state index contributed by atoms with van der Waals surface area (Å²) in [6.07, 6.45) is 6.54. The first kappa shape index (κ1) is 14.8. The van der Waals surface area contributed by atoms with E-state index in [0.717, 1.165) is 18.8 Å². The van der Waals surface area contributed by atoms with E-state index in [4.69, 9.17) is 0 Å². The van der Waals surface area contributed by atoms with Gasteiger partial charge in [0.05, 0.1) is 5.75 Å². The number of hydrogen-bond donors (Lipinski definition) is 1. The van der Waals surface area contributed by atoms with Crippen LogP contribution in [0.5, 0.6) is 0 Å². The van der Waals surface area contributed by atoms with Gasteiger partial charge < -0.3 is 4.90 Å². The minimum Gasteiger partial charge on any atom is -0.346 e. The number of unbranched alkanes of at least 4 members (excludes halogenated alkanes) is 1. The van der Waals surface area contributed by atoms with Gasteiger partial charge in [0.2, 0.25) is 15.9 Å². The summed E-state index contributed by atoms with van der Waals surface area (Å²) in [6.45, 7) is 0.633. The van der Waals surface area contributed by atoms with Crippen molar-refractivity contribution in [3.8, 4) is 0 Å². The lowest BCUT2D eigenvalue weighted by Gasteiger charge is -2.29. The molecule has 1 aliphatic carbocycles. The summed E-state index contributed by atoms with van der Waals surface area (Å²) in [7, 11) is -1.47. The van der Waals surface area contributed by atoms with Crippen LogP contribution in [0.2, 0.25) is 0 Å². The molecular formula is C13H24N2O3S. The fourth-order valence-corrected chi connectivity index (χ4v) is 3.90. The zero-order valence-electron chi connectivity index (χ0n) is 11.6. The van der Waals surface area contributed by atoms with E-state index in [0.29, 0.717) is 13.0 Å². The van der Waals surface area contributed by atoms with E-state index in [1.165, 1.54) is 19.3 Å². The predicted molar refractivity (Wildman–Crippen MR) is 74.2 cm³/mol. The Morgan fingerprint density at radius 1 is 1.26 bits per heavy atom. The first-order valence-electron chi connectivity index (χ1n) is 7.20. The second kappa shape index (κ2) is 6.22. The van der Waals surface area contributed by atoms with Crippen LogP contribution in [0.25, 0.3) is 0 Å². The SMILES string of the molecule is CN1CCC(NS(=O)(=O)CCCCC2CC2)CC1=O. The monoisotopic (exact) mass is 288 g/mol. The third-order valence-electron chi connectivity index (χ3n) is 3.98. The smallest absolute Gasteiger partial charge is 0.223 e. The van der Waals surface area contributed by atoms with E-state index < -0.39 is 10.0 Å². The molecule has 2 aliphatic rings. The van der Waals surface area contributed by atoms with Crippen LogP contribution in [-0.2, 0) is 14.8 Å². The molecule has 0 aromatic carbocycles. The van der Waals surface area contributed by atoms with Gasteiger partial charge in [-0.25, -0.2) is 13.1 Å². The second-order valence-electron chi connectivity index (χ2n) is 5.88. The molecule has 1 unspecified atom stereocenters. The van der Waals surface area contributed by atoms with Crippen molar-refractivity contribution in [1.82, 2.24) is 9.62 Å². The Kier molecular flexibility index (Phi) is 4.84. The van der Waals surface area contributed by atoms with E-state index in [2.05, 4.69) is 4.72 Å². The van der Waals surface area contributed by atoms with Crippen molar-refractivity contribution in [2.45, 2.75) is 51.0 Å². The summed E-state index contributed by atoms with van der Waals surface area (Å²) < 4.78 is 26.5. The summed E-state index contributed by atoms with van der Waals surface area (Å²) in [5, 5.41) is 0. The molecule has 1 saturated carbocycles. The molecule has 19 heavy (non-hydrogen) atoms. The van der Waals surface area contributed by atoms with Gasteiger partial charge in [-0.1, -0.05) is 25.7 Å². The van der Waals surface area contributed by atoms with Gasteiger partial charge in [-0.15, -0.1) is 0 Å². The number of likely N-dealkylation sites (tertiary alicyclic amines) is 1. The number of rotatable bonds is 7. The van der Waals surface area contributed by atoms with E-state index in [9.17, 15) is 13.2 Å². The van der Waals surface area contributed by atoms with Crippen molar-refractivity contribution in [2.75, 3.05) is 19.3 Å².